The molecule has 0 spiro atoms. The van der Waals surface area contributed by atoms with Crippen molar-refractivity contribution in [3.8, 4) is 0 Å². The lowest BCUT2D eigenvalue weighted by Crippen LogP contribution is -2.23. The molecule has 0 unspecified atom stereocenters. The average Bonchev–Trinajstić information content (AvgIpc) is 3.36. The Labute approximate surface area is 198 Å². The molecule has 3 fully saturated rings. The van der Waals surface area contributed by atoms with Crippen LogP contribution in [0.4, 0.5) is 17.8 Å². The van der Waals surface area contributed by atoms with Crippen molar-refractivity contribution >= 4 is 36.9 Å². The van der Waals surface area contributed by atoms with Gasteiger partial charge in [0.15, 0.2) is 0 Å². The van der Waals surface area contributed by atoms with Crippen molar-refractivity contribution in [2.75, 3.05) is 39.3 Å². The van der Waals surface area contributed by atoms with Crippen molar-refractivity contribution in [2.24, 2.45) is 15.0 Å². The number of hydrogen-bond acceptors (Lipinski definition) is 6. The standard InChI is InChI=1S/C24H39N9/c1-2-8-14-31(13-7-1)19-25-22-28-23(26-20-32-15-9-3-4-10-16-32)30-24(29-22)27-21-33-17-11-5-6-12-18-33/h19-21H,1-18H2. The maximum absolute atomic E-state index is 4.58. The van der Waals surface area contributed by atoms with Crippen LogP contribution in [-0.2, 0) is 0 Å². The first-order chi connectivity index (χ1) is 16.3. The summed E-state index contributed by atoms with van der Waals surface area (Å²) in [5.74, 6) is 1.13. The minimum Gasteiger partial charge on any atom is -0.362 e. The van der Waals surface area contributed by atoms with Gasteiger partial charge in [-0.15, -0.1) is 0 Å². The molecule has 1 aromatic heterocycles. The second kappa shape index (κ2) is 13.2. The van der Waals surface area contributed by atoms with E-state index in [1.165, 1.54) is 77.0 Å². The van der Waals surface area contributed by atoms with Crippen molar-refractivity contribution in [3.05, 3.63) is 0 Å². The fourth-order valence-electron chi connectivity index (χ4n) is 4.55. The summed E-state index contributed by atoms with van der Waals surface area (Å²) < 4.78 is 0. The Hall–Kier alpha value is -2.58. The Bertz CT molecular complexity index is 666. The zero-order chi connectivity index (χ0) is 22.6. The first-order valence-corrected chi connectivity index (χ1v) is 13.0. The normalized spacial score (nSPS) is 21.6. The molecule has 3 aliphatic heterocycles. The minimum absolute atomic E-state index is 0.375. The molecule has 0 aliphatic carbocycles. The van der Waals surface area contributed by atoms with E-state index >= 15 is 0 Å². The fourth-order valence-corrected chi connectivity index (χ4v) is 4.55. The fraction of sp³-hybridized carbons (Fsp3) is 0.750. The van der Waals surface area contributed by atoms with Crippen LogP contribution in [0.15, 0.2) is 15.0 Å². The van der Waals surface area contributed by atoms with E-state index in [9.17, 15) is 0 Å². The third-order valence-corrected chi connectivity index (χ3v) is 6.53. The van der Waals surface area contributed by atoms with E-state index < -0.39 is 0 Å². The summed E-state index contributed by atoms with van der Waals surface area (Å²) in [6.45, 7) is 6.22. The zero-order valence-corrected chi connectivity index (χ0v) is 20.0. The average molecular weight is 454 g/mol. The molecule has 1 aromatic rings. The molecule has 9 nitrogen and oxygen atoms in total. The van der Waals surface area contributed by atoms with Gasteiger partial charge in [-0.05, 0) is 38.5 Å². The third-order valence-electron chi connectivity index (χ3n) is 6.53. The van der Waals surface area contributed by atoms with Crippen LogP contribution in [0.2, 0.25) is 0 Å². The molecule has 33 heavy (non-hydrogen) atoms. The highest BCUT2D eigenvalue weighted by molar-refractivity contribution is 5.62. The number of likely N-dealkylation sites (tertiary alicyclic amines) is 3. The van der Waals surface area contributed by atoms with Crippen molar-refractivity contribution in [3.63, 3.8) is 0 Å². The van der Waals surface area contributed by atoms with E-state index in [2.05, 4.69) is 44.6 Å². The largest absolute Gasteiger partial charge is 0.362 e. The van der Waals surface area contributed by atoms with Crippen LogP contribution >= 0.6 is 0 Å². The van der Waals surface area contributed by atoms with E-state index in [1.807, 2.05) is 19.0 Å². The molecule has 3 saturated heterocycles. The Morgan fingerprint density at radius 1 is 0.394 bits per heavy atom. The molecule has 3 aliphatic rings. The van der Waals surface area contributed by atoms with Gasteiger partial charge in [-0.3, -0.25) is 0 Å². The third kappa shape index (κ3) is 8.37. The summed E-state index contributed by atoms with van der Waals surface area (Å²) in [6.07, 6.45) is 20.6. The summed E-state index contributed by atoms with van der Waals surface area (Å²) >= 11 is 0. The molecule has 0 saturated carbocycles. The van der Waals surface area contributed by atoms with Crippen LogP contribution in [0.5, 0.6) is 0 Å². The summed E-state index contributed by atoms with van der Waals surface area (Å²) in [7, 11) is 0. The van der Waals surface area contributed by atoms with Gasteiger partial charge in [0, 0.05) is 39.3 Å². The molecule has 0 radical (unpaired) electrons. The molecule has 0 aromatic carbocycles. The summed E-state index contributed by atoms with van der Waals surface area (Å²) in [5, 5.41) is 0. The van der Waals surface area contributed by atoms with E-state index in [0.717, 1.165) is 39.3 Å². The molecule has 0 bridgehead atoms. The highest BCUT2D eigenvalue weighted by Crippen LogP contribution is 2.17. The molecule has 0 amide bonds. The summed E-state index contributed by atoms with van der Waals surface area (Å²) in [5.41, 5.74) is 0. The van der Waals surface area contributed by atoms with Crippen molar-refractivity contribution in [1.82, 2.24) is 29.7 Å². The maximum Gasteiger partial charge on any atom is 0.257 e. The van der Waals surface area contributed by atoms with Gasteiger partial charge in [0.25, 0.3) is 17.8 Å². The van der Waals surface area contributed by atoms with Crippen molar-refractivity contribution in [2.45, 2.75) is 77.0 Å². The minimum atomic E-state index is 0.375. The molecule has 0 atom stereocenters. The van der Waals surface area contributed by atoms with E-state index in [1.54, 1.807) is 0 Å². The van der Waals surface area contributed by atoms with Gasteiger partial charge in [0.2, 0.25) is 0 Å². The van der Waals surface area contributed by atoms with Gasteiger partial charge in [-0.2, -0.15) is 15.0 Å². The van der Waals surface area contributed by atoms with Crippen molar-refractivity contribution < 1.29 is 0 Å². The molecule has 9 heteroatoms. The highest BCUT2D eigenvalue weighted by atomic mass is 15.3. The van der Waals surface area contributed by atoms with Gasteiger partial charge >= 0.3 is 0 Å². The molecule has 4 heterocycles. The number of aromatic nitrogens is 3. The lowest BCUT2D eigenvalue weighted by atomic mass is 10.2. The van der Waals surface area contributed by atoms with Crippen LogP contribution in [-0.4, -0.2) is 87.9 Å². The Morgan fingerprint density at radius 2 is 0.636 bits per heavy atom. The number of rotatable bonds is 6. The van der Waals surface area contributed by atoms with Crippen LogP contribution in [0.1, 0.15) is 77.0 Å². The highest BCUT2D eigenvalue weighted by Gasteiger charge is 2.10. The molecule has 0 N–H and O–H groups in total. The van der Waals surface area contributed by atoms with Crippen LogP contribution in [0.3, 0.4) is 0 Å². The van der Waals surface area contributed by atoms with Crippen LogP contribution < -0.4 is 0 Å². The quantitative estimate of drug-likeness (QED) is 0.466. The van der Waals surface area contributed by atoms with E-state index in [0.29, 0.717) is 17.8 Å². The maximum atomic E-state index is 4.58. The van der Waals surface area contributed by atoms with Gasteiger partial charge < -0.3 is 14.7 Å². The Morgan fingerprint density at radius 3 is 0.879 bits per heavy atom. The predicted octanol–water partition coefficient (Wildman–Crippen LogP) is 4.48. The van der Waals surface area contributed by atoms with Crippen LogP contribution in [0.25, 0.3) is 0 Å². The summed E-state index contributed by atoms with van der Waals surface area (Å²) in [4.78, 5) is 34.0. The van der Waals surface area contributed by atoms with Crippen LogP contribution in [0, 0.1) is 0 Å². The van der Waals surface area contributed by atoms with Gasteiger partial charge in [-0.25, -0.2) is 15.0 Å². The van der Waals surface area contributed by atoms with E-state index in [4.69, 9.17) is 0 Å². The molecule has 4 rings (SSSR count). The Balaban J connectivity index is 1.50. The molecular weight excluding hydrogens is 414 g/mol. The smallest absolute Gasteiger partial charge is 0.257 e. The van der Waals surface area contributed by atoms with Crippen molar-refractivity contribution in [1.29, 1.82) is 0 Å². The summed E-state index contributed by atoms with van der Waals surface area (Å²) in [6, 6.07) is 0. The van der Waals surface area contributed by atoms with Gasteiger partial charge in [-0.1, -0.05) is 38.5 Å². The number of hydrogen-bond donors (Lipinski definition) is 0. The lowest BCUT2D eigenvalue weighted by molar-refractivity contribution is 0.447. The topological polar surface area (TPSA) is 85.5 Å². The second-order valence-electron chi connectivity index (χ2n) is 9.32. The second-order valence-corrected chi connectivity index (χ2v) is 9.32. The molecule has 180 valence electrons. The predicted molar refractivity (Wildman–Crippen MR) is 134 cm³/mol. The SMILES string of the molecule is C(=Nc1nc(N=CN2CCCCCC2)nc(N=CN2CCCCCC2)n1)N1CCCCCC1. The number of nitrogens with zero attached hydrogens (tertiary/aromatic N) is 9. The first-order valence-electron chi connectivity index (χ1n) is 13.0. The molecular formula is C24H39N9. The monoisotopic (exact) mass is 453 g/mol. The first kappa shape index (κ1) is 23.6. The Kier molecular flexibility index (Phi) is 9.43. The zero-order valence-electron chi connectivity index (χ0n) is 20.0. The van der Waals surface area contributed by atoms with E-state index in [-0.39, 0.29) is 0 Å². The number of aliphatic imine (C=N–C) groups is 3. The lowest BCUT2D eigenvalue weighted by Gasteiger charge is -2.16. The van der Waals surface area contributed by atoms with Gasteiger partial charge in [0.1, 0.15) is 0 Å². The van der Waals surface area contributed by atoms with Gasteiger partial charge in [0.05, 0.1) is 19.0 Å².